The van der Waals surface area contributed by atoms with Gasteiger partial charge < -0.3 is 20.1 Å². The van der Waals surface area contributed by atoms with E-state index in [4.69, 9.17) is 9.84 Å². The third-order valence-corrected chi connectivity index (χ3v) is 5.40. The van der Waals surface area contributed by atoms with Gasteiger partial charge >= 0.3 is 5.97 Å². The Hall–Kier alpha value is -3.80. The summed E-state index contributed by atoms with van der Waals surface area (Å²) < 4.78 is 5.59. The molecule has 1 amide bonds. The molecule has 3 N–H and O–H groups in total. The number of aliphatic carboxylic acids is 1. The Bertz CT molecular complexity index is 1190. The van der Waals surface area contributed by atoms with E-state index in [-0.39, 0.29) is 12.3 Å². The van der Waals surface area contributed by atoms with Crippen LogP contribution in [0.3, 0.4) is 0 Å². The first kappa shape index (κ1) is 20.5. The number of aromatic nitrogens is 1. The number of benzene rings is 2. The summed E-state index contributed by atoms with van der Waals surface area (Å²) in [5.74, 6) is -0.211. The van der Waals surface area contributed by atoms with Crippen LogP contribution in [0.1, 0.15) is 35.7 Å². The predicted molar refractivity (Wildman–Crippen MR) is 121 cm³/mol. The quantitative estimate of drug-likeness (QED) is 0.478. The zero-order chi connectivity index (χ0) is 22.0. The topological polar surface area (TPSA) is 91.4 Å². The molecule has 0 bridgehead atoms. The predicted octanol–water partition coefficient (Wildman–Crippen LogP) is 4.90. The number of fused-ring (bicyclic) bond motifs is 1. The smallest absolute Gasteiger partial charge is 0.303 e. The lowest BCUT2D eigenvalue weighted by molar-refractivity contribution is -0.137. The Kier molecular flexibility index (Phi) is 5.62. The van der Waals surface area contributed by atoms with Crippen molar-refractivity contribution in [2.24, 2.45) is 0 Å². The van der Waals surface area contributed by atoms with E-state index in [0.717, 1.165) is 44.9 Å². The van der Waals surface area contributed by atoms with Gasteiger partial charge in [-0.2, -0.15) is 0 Å². The molecule has 0 unspecified atom stereocenters. The molecule has 0 spiro atoms. The van der Waals surface area contributed by atoms with Gasteiger partial charge in [0.05, 0.1) is 12.2 Å². The number of nitrogens with one attached hydrogen (secondary N) is 2. The molecule has 0 aliphatic carbocycles. The molecule has 3 aromatic rings. The Morgan fingerprint density at radius 3 is 2.74 bits per heavy atom. The number of H-pyrrole nitrogens is 1. The molecule has 4 rings (SSSR count). The third kappa shape index (κ3) is 4.23. The highest BCUT2D eigenvalue weighted by Crippen LogP contribution is 2.37. The van der Waals surface area contributed by atoms with Crippen molar-refractivity contribution in [3.63, 3.8) is 0 Å². The van der Waals surface area contributed by atoms with Crippen molar-refractivity contribution in [2.45, 2.75) is 26.7 Å². The minimum absolute atomic E-state index is 0.0435. The maximum atomic E-state index is 12.7. The molecule has 2 aromatic carbocycles. The van der Waals surface area contributed by atoms with Gasteiger partial charge in [0.2, 0.25) is 0 Å². The van der Waals surface area contributed by atoms with E-state index in [1.54, 1.807) is 6.08 Å². The average molecular weight is 416 g/mol. The standard InChI is InChI=1S/C25H24N2O4/c1-3-31-18-6-4-5-16(11-18)17-7-8-20-21(25(30)27-23(20)12-17)13-22-19(9-10-24(28)29)15(2)14-26-22/h4-8,11-14,26H,3,9-10H2,1-2H3,(H,27,30)(H,28,29)/b21-13+. The second kappa shape index (κ2) is 8.52. The first-order valence-corrected chi connectivity index (χ1v) is 10.3. The van der Waals surface area contributed by atoms with Crippen LogP contribution in [0, 0.1) is 6.92 Å². The van der Waals surface area contributed by atoms with Crippen LogP contribution in [-0.2, 0) is 16.0 Å². The maximum Gasteiger partial charge on any atom is 0.303 e. The van der Waals surface area contributed by atoms with Gasteiger partial charge in [-0.05, 0) is 66.8 Å². The van der Waals surface area contributed by atoms with E-state index in [1.165, 1.54) is 0 Å². The Morgan fingerprint density at radius 2 is 1.97 bits per heavy atom. The van der Waals surface area contributed by atoms with Crippen molar-refractivity contribution in [3.05, 3.63) is 71.0 Å². The number of anilines is 1. The fourth-order valence-corrected chi connectivity index (χ4v) is 3.86. The van der Waals surface area contributed by atoms with Crippen LogP contribution in [0.15, 0.2) is 48.7 Å². The van der Waals surface area contributed by atoms with Crippen molar-refractivity contribution in [2.75, 3.05) is 11.9 Å². The highest BCUT2D eigenvalue weighted by Gasteiger charge is 2.25. The van der Waals surface area contributed by atoms with Gasteiger partial charge in [0.15, 0.2) is 0 Å². The van der Waals surface area contributed by atoms with E-state index in [1.807, 2.05) is 62.5 Å². The first-order chi connectivity index (χ1) is 15.0. The molecule has 2 heterocycles. The highest BCUT2D eigenvalue weighted by atomic mass is 16.5. The van der Waals surface area contributed by atoms with Crippen LogP contribution in [0.4, 0.5) is 5.69 Å². The van der Waals surface area contributed by atoms with Gasteiger partial charge in [-0.25, -0.2) is 0 Å². The number of carboxylic acids is 1. The average Bonchev–Trinajstić information content (AvgIpc) is 3.25. The summed E-state index contributed by atoms with van der Waals surface area (Å²) in [6, 6.07) is 13.7. The zero-order valence-electron chi connectivity index (χ0n) is 17.5. The van der Waals surface area contributed by atoms with Crippen molar-refractivity contribution < 1.29 is 19.4 Å². The van der Waals surface area contributed by atoms with E-state index in [0.29, 0.717) is 18.6 Å². The molecule has 31 heavy (non-hydrogen) atoms. The largest absolute Gasteiger partial charge is 0.494 e. The summed E-state index contributed by atoms with van der Waals surface area (Å²) >= 11 is 0. The number of carbonyl (C=O) groups excluding carboxylic acids is 1. The van der Waals surface area contributed by atoms with E-state index in [2.05, 4.69) is 10.3 Å². The lowest BCUT2D eigenvalue weighted by Gasteiger charge is -2.08. The Balaban J connectivity index is 1.67. The molecule has 0 atom stereocenters. The van der Waals surface area contributed by atoms with Gasteiger partial charge in [0.1, 0.15) is 5.75 Å². The van der Waals surface area contributed by atoms with Gasteiger partial charge in [-0.3, -0.25) is 9.59 Å². The van der Waals surface area contributed by atoms with Gasteiger partial charge in [-0.15, -0.1) is 0 Å². The van der Waals surface area contributed by atoms with Gasteiger partial charge in [0.25, 0.3) is 5.91 Å². The minimum atomic E-state index is -0.843. The van der Waals surface area contributed by atoms with Crippen LogP contribution >= 0.6 is 0 Å². The monoisotopic (exact) mass is 416 g/mol. The fraction of sp³-hybridized carbons (Fsp3) is 0.200. The molecule has 0 radical (unpaired) electrons. The molecule has 158 valence electrons. The first-order valence-electron chi connectivity index (χ1n) is 10.3. The number of ether oxygens (including phenoxy) is 1. The molecule has 1 aromatic heterocycles. The fourth-order valence-electron chi connectivity index (χ4n) is 3.86. The number of aryl methyl sites for hydroxylation is 1. The Morgan fingerprint density at radius 1 is 1.16 bits per heavy atom. The molecular weight excluding hydrogens is 392 g/mol. The van der Waals surface area contributed by atoms with Crippen LogP contribution in [0.25, 0.3) is 22.8 Å². The van der Waals surface area contributed by atoms with Crippen LogP contribution in [0.2, 0.25) is 0 Å². The molecule has 6 heteroatoms. The van der Waals surface area contributed by atoms with E-state index < -0.39 is 5.97 Å². The summed E-state index contributed by atoms with van der Waals surface area (Å²) in [6.45, 7) is 4.48. The van der Waals surface area contributed by atoms with Crippen molar-refractivity contribution in [1.82, 2.24) is 4.98 Å². The number of carboxylic acid groups (broad SMARTS) is 1. The molecule has 0 saturated carbocycles. The minimum Gasteiger partial charge on any atom is -0.494 e. The van der Waals surface area contributed by atoms with Gasteiger partial charge in [0, 0.05) is 29.6 Å². The molecular formula is C25H24N2O4. The SMILES string of the molecule is CCOc1cccc(-c2ccc3c(c2)NC(=O)/C3=C/c2[nH]cc(C)c2CCC(=O)O)c1. The number of hydrogen-bond acceptors (Lipinski definition) is 3. The van der Waals surface area contributed by atoms with Crippen LogP contribution in [-0.4, -0.2) is 28.6 Å². The molecule has 6 nitrogen and oxygen atoms in total. The van der Waals surface area contributed by atoms with Crippen molar-refractivity contribution >= 4 is 29.2 Å². The van der Waals surface area contributed by atoms with Gasteiger partial charge in [-0.1, -0.05) is 24.3 Å². The summed E-state index contributed by atoms with van der Waals surface area (Å²) in [5.41, 5.74) is 6.80. The normalized spacial score (nSPS) is 13.9. The molecule has 1 aliphatic rings. The zero-order valence-corrected chi connectivity index (χ0v) is 17.5. The number of rotatable bonds is 7. The summed E-state index contributed by atoms with van der Waals surface area (Å²) in [7, 11) is 0. The van der Waals surface area contributed by atoms with Crippen LogP contribution in [0.5, 0.6) is 5.75 Å². The number of aromatic amines is 1. The molecule has 0 fully saturated rings. The second-order valence-electron chi connectivity index (χ2n) is 7.49. The lowest BCUT2D eigenvalue weighted by atomic mass is 9.98. The lowest BCUT2D eigenvalue weighted by Crippen LogP contribution is -2.04. The maximum absolute atomic E-state index is 12.7. The highest BCUT2D eigenvalue weighted by molar-refractivity contribution is 6.35. The van der Waals surface area contributed by atoms with E-state index >= 15 is 0 Å². The summed E-state index contributed by atoms with van der Waals surface area (Å²) in [6.07, 6.45) is 4.10. The van der Waals surface area contributed by atoms with Crippen molar-refractivity contribution in [3.8, 4) is 16.9 Å². The number of carbonyl (C=O) groups is 2. The molecule has 0 saturated heterocycles. The third-order valence-electron chi connectivity index (χ3n) is 5.40. The van der Waals surface area contributed by atoms with Crippen molar-refractivity contribution in [1.29, 1.82) is 0 Å². The second-order valence-corrected chi connectivity index (χ2v) is 7.49. The number of hydrogen-bond donors (Lipinski definition) is 3. The Labute approximate surface area is 180 Å². The van der Waals surface area contributed by atoms with Crippen LogP contribution < -0.4 is 10.1 Å². The summed E-state index contributed by atoms with van der Waals surface area (Å²) in [4.78, 5) is 26.9. The van der Waals surface area contributed by atoms with E-state index in [9.17, 15) is 9.59 Å². The number of amides is 1. The summed E-state index contributed by atoms with van der Waals surface area (Å²) in [5, 5.41) is 12.0. The molecule has 1 aliphatic heterocycles.